The number of anilines is 1. The highest BCUT2D eigenvalue weighted by Crippen LogP contribution is 2.29. The number of benzene rings is 1. The van der Waals surface area contributed by atoms with E-state index in [9.17, 15) is 5.11 Å². The highest BCUT2D eigenvalue weighted by molar-refractivity contribution is 6.33. The number of halogens is 1. The van der Waals surface area contributed by atoms with Gasteiger partial charge < -0.3 is 15.7 Å². The van der Waals surface area contributed by atoms with Crippen molar-refractivity contribution in [1.29, 1.82) is 0 Å². The van der Waals surface area contributed by atoms with Crippen molar-refractivity contribution < 1.29 is 5.11 Å². The van der Waals surface area contributed by atoms with Gasteiger partial charge in [0, 0.05) is 19.6 Å². The summed E-state index contributed by atoms with van der Waals surface area (Å²) < 4.78 is 0. The third-order valence-electron chi connectivity index (χ3n) is 2.75. The quantitative estimate of drug-likeness (QED) is 0.801. The van der Waals surface area contributed by atoms with Crippen molar-refractivity contribution in [2.24, 2.45) is 5.73 Å². The van der Waals surface area contributed by atoms with Crippen LogP contribution in [0.4, 0.5) is 5.69 Å². The first-order chi connectivity index (χ1) is 7.20. The van der Waals surface area contributed by atoms with Crippen molar-refractivity contribution in [2.45, 2.75) is 19.1 Å². The predicted octanol–water partition coefficient (Wildman–Crippen LogP) is 1.37. The van der Waals surface area contributed by atoms with Crippen LogP contribution in [0.5, 0.6) is 0 Å². The van der Waals surface area contributed by atoms with E-state index in [0.29, 0.717) is 18.1 Å². The minimum Gasteiger partial charge on any atom is -0.391 e. The molecule has 0 bridgehead atoms. The first kappa shape index (κ1) is 10.7. The maximum absolute atomic E-state index is 9.45. The molecule has 1 aromatic carbocycles. The highest BCUT2D eigenvalue weighted by Gasteiger charge is 2.21. The zero-order valence-corrected chi connectivity index (χ0v) is 9.24. The molecule has 82 valence electrons. The molecule has 0 aliphatic carbocycles. The van der Waals surface area contributed by atoms with Gasteiger partial charge in [0.25, 0.3) is 0 Å². The summed E-state index contributed by atoms with van der Waals surface area (Å²) in [4.78, 5) is 2.10. The number of nitrogens with zero attached hydrogens (tertiary/aromatic N) is 1. The van der Waals surface area contributed by atoms with Crippen molar-refractivity contribution >= 4 is 17.3 Å². The van der Waals surface area contributed by atoms with E-state index >= 15 is 0 Å². The number of aliphatic hydroxyl groups is 1. The van der Waals surface area contributed by atoms with Gasteiger partial charge in [-0.1, -0.05) is 17.7 Å². The lowest BCUT2D eigenvalue weighted by Gasteiger charge is -2.19. The molecule has 0 saturated carbocycles. The monoisotopic (exact) mass is 226 g/mol. The van der Waals surface area contributed by atoms with Crippen LogP contribution < -0.4 is 10.6 Å². The van der Waals surface area contributed by atoms with E-state index in [0.717, 1.165) is 24.2 Å². The van der Waals surface area contributed by atoms with E-state index in [1.54, 1.807) is 0 Å². The zero-order valence-electron chi connectivity index (χ0n) is 8.49. The summed E-state index contributed by atoms with van der Waals surface area (Å²) in [6.45, 7) is 2.03. The third-order valence-corrected chi connectivity index (χ3v) is 3.05. The molecule has 0 spiro atoms. The molecule has 2 rings (SSSR count). The van der Waals surface area contributed by atoms with Crippen molar-refractivity contribution in [1.82, 2.24) is 0 Å². The molecule has 1 fully saturated rings. The second-order valence-corrected chi connectivity index (χ2v) is 4.29. The molecule has 1 heterocycles. The van der Waals surface area contributed by atoms with Gasteiger partial charge in [-0.15, -0.1) is 0 Å². The molecule has 1 unspecified atom stereocenters. The largest absolute Gasteiger partial charge is 0.391 e. The van der Waals surface area contributed by atoms with Crippen LogP contribution in [0.3, 0.4) is 0 Å². The van der Waals surface area contributed by atoms with Crippen LogP contribution in [0.1, 0.15) is 12.0 Å². The van der Waals surface area contributed by atoms with E-state index in [4.69, 9.17) is 17.3 Å². The van der Waals surface area contributed by atoms with E-state index in [1.165, 1.54) is 0 Å². The van der Waals surface area contributed by atoms with Gasteiger partial charge in [-0.25, -0.2) is 0 Å². The van der Waals surface area contributed by atoms with Crippen LogP contribution >= 0.6 is 11.6 Å². The second-order valence-electron chi connectivity index (χ2n) is 3.88. The Balaban J connectivity index is 2.21. The summed E-state index contributed by atoms with van der Waals surface area (Å²) in [6, 6.07) is 5.84. The molecular formula is C11H15ClN2O. The molecule has 1 atom stereocenters. The van der Waals surface area contributed by atoms with E-state index in [2.05, 4.69) is 4.90 Å². The zero-order chi connectivity index (χ0) is 10.8. The molecule has 1 aliphatic heterocycles. The molecule has 4 heteroatoms. The average Bonchev–Trinajstić information content (AvgIpc) is 2.64. The Hall–Kier alpha value is -0.770. The van der Waals surface area contributed by atoms with Crippen LogP contribution in [-0.2, 0) is 6.54 Å². The van der Waals surface area contributed by atoms with Gasteiger partial charge in [0.2, 0.25) is 0 Å². The van der Waals surface area contributed by atoms with Crippen LogP contribution in [-0.4, -0.2) is 24.3 Å². The lowest BCUT2D eigenvalue weighted by Crippen LogP contribution is -2.21. The smallest absolute Gasteiger partial charge is 0.0731 e. The predicted molar refractivity (Wildman–Crippen MR) is 62.2 cm³/mol. The first-order valence-electron chi connectivity index (χ1n) is 5.12. The Bertz CT molecular complexity index is 356. The molecule has 1 aromatic rings. The number of β-amino-alcohol motifs (C(OH)–C–C–N with tert-alkyl or cyclic N) is 1. The summed E-state index contributed by atoms with van der Waals surface area (Å²) in [5, 5.41) is 10.2. The van der Waals surface area contributed by atoms with Crippen LogP contribution in [0.25, 0.3) is 0 Å². The normalized spacial score (nSPS) is 21.0. The Labute approximate surface area is 94.4 Å². The fraction of sp³-hybridized carbons (Fsp3) is 0.455. The number of aliphatic hydroxyl groups excluding tert-OH is 1. The molecule has 3 nitrogen and oxygen atoms in total. The average molecular weight is 227 g/mol. The van der Waals surface area contributed by atoms with Gasteiger partial charge in [-0.05, 0) is 24.1 Å². The fourth-order valence-electron chi connectivity index (χ4n) is 1.89. The molecule has 15 heavy (non-hydrogen) atoms. The highest BCUT2D eigenvalue weighted by atomic mass is 35.5. The Kier molecular flexibility index (Phi) is 3.14. The van der Waals surface area contributed by atoms with Crippen LogP contribution in [0.2, 0.25) is 5.02 Å². The first-order valence-corrected chi connectivity index (χ1v) is 5.50. The topological polar surface area (TPSA) is 49.5 Å². The van der Waals surface area contributed by atoms with Crippen LogP contribution in [0, 0.1) is 0 Å². The Morgan fingerprint density at radius 1 is 1.53 bits per heavy atom. The third kappa shape index (κ3) is 2.25. The molecule has 1 aliphatic rings. The van der Waals surface area contributed by atoms with Crippen molar-refractivity contribution in [3.8, 4) is 0 Å². The molecule has 3 N–H and O–H groups in total. The van der Waals surface area contributed by atoms with Crippen LogP contribution in [0.15, 0.2) is 18.2 Å². The molecule has 1 saturated heterocycles. The Morgan fingerprint density at radius 3 is 2.87 bits per heavy atom. The number of nitrogens with two attached hydrogens (primary N) is 1. The van der Waals surface area contributed by atoms with E-state index in [1.807, 2.05) is 18.2 Å². The van der Waals surface area contributed by atoms with Crippen molar-refractivity contribution in [3.05, 3.63) is 28.8 Å². The van der Waals surface area contributed by atoms with E-state index in [-0.39, 0.29) is 6.10 Å². The molecule has 0 aromatic heterocycles. The number of rotatable bonds is 2. The van der Waals surface area contributed by atoms with Gasteiger partial charge >= 0.3 is 0 Å². The Morgan fingerprint density at radius 2 is 2.33 bits per heavy atom. The summed E-state index contributed by atoms with van der Waals surface area (Å²) in [7, 11) is 0. The lowest BCUT2D eigenvalue weighted by molar-refractivity contribution is 0.198. The van der Waals surface area contributed by atoms with Crippen molar-refractivity contribution in [2.75, 3.05) is 18.0 Å². The second kappa shape index (κ2) is 4.39. The standard InChI is InChI=1S/C11H15ClN2O/c12-10-5-8(6-13)1-2-11(10)14-4-3-9(15)7-14/h1-2,5,9,15H,3-4,6-7,13H2. The molecule has 0 radical (unpaired) electrons. The van der Waals surface area contributed by atoms with Gasteiger partial charge in [0.05, 0.1) is 16.8 Å². The minimum atomic E-state index is -0.227. The summed E-state index contributed by atoms with van der Waals surface area (Å²) in [5.41, 5.74) is 7.55. The van der Waals surface area contributed by atoms with E-state index < -0.39 is 0 Å². The molecular weight excluding hydrogens is 212 g/mol. The SMILES string of the molecule is NCc1ccc(N2CCC(O)C2)c(Cl)c1. The lowest BCUT2D eigenvalue weighted by atomic mass is 10.2. The van der Waals surface area contributed by atoms with Crippen molar-refractivity contribution in [3.63, 3.8) is 0 Å². The van der Waals surface area contributed by atoms with Gasteiger partial charge in [-0.3, -0.25) is 0 Å². The summed E-state index contributed by atoms with van der Waals surface area (Å²) in [5.74, 6) is 0. The van der Waals surface area contributed by atoms with Gasteiger partial charge in [0.15, 0.2) is 0 Å². The maximum atomic E-state index is 9.45. The van der Waals surface area contributed by atoms with Gasteiger partial charge in [-0.2, -0.15) is 0 Å². The number of hydrogen-bond acceptors (Lipinski definition) is 3. The van der Waals surface area contributed by atoms with Gasteiger partial charge in [0.1, 0.15) is 0 Å². The maximum Gasteiger partial charge on any atom is 0.0731 e. The summed E-state index contributed by atoms with van der Waals surface area (Å²) >= 11 is 6.16. The fourth-order valence-corrected chi connectivity index (χ4v) is 2.22. The summed E-state index contributed by atoms with van der Waals surface area (Å²) in [6.07, 6.45) is 0.588. The minimum absolute atomic E-state index is 0.227. The molecule has 0 amide bonds. The number of hydrogen-bond donors (Lipinski definition) is 2.